The largest absolute Gasteiger partial charge is 0.399 e. The van der Waals surface area contributed by atoms with Crippen molar-refractivity contribution in [3.8, 4) is 0 Å². The Kier molecular flexibility index (Phi) is 3.11. The Bertz CT molecular complexity index is 392. The maximum Gasteiger partial charge on any atom is 0.0707 e. The van der Waals surface area contributed by atoms with Gasteiger partial charge in [0.1, 0.15) is 0 Å². The van der Waals surface area contributed by atoms with Gasteiger partial charge in [0.15, 0.2) is 0 Å². The molecule has 3 nitrogen and oxygen atoms in total. The molecule has 2 aliphatic rings. The quantitative estimate of drug-likeness (QED) is 0.852. The van der Waals surface area contributed by atoms with Crippen molar-refractivity contribution in [1.82, 2.24) is 4.90 Å². The lowest BCUT2D eigenvalue weighted by atomic mass is 10.1. The Balaban J connectivity index is 1.70. The van der Waals surface area contributed by atoms with Crippen LogP contribution in [0.4, 0.5) is 5.69 Å². The van der Waals surface area contributed by atoms with Gasteiger partial charge in [0.05, 0.1) is 12.2 Å². The Morgan fingerprint density at radius 2 is 1.94 bits per heavy atom. The Labute approximate surface area is 110 Å². The van der Waals surface area contributed by atoms with E-state index in [1.54, 1.807) is 0 Å². The zero-order valence-corrected chi connectivity index (χ0v) is 11.3. The second-order valence-corrected chi connectivity index (χ2v) is 5.96. The molecule has 0 radical (unpaired) electrons. The summed E-state index contributed by atoms with van der Waals surface area (Å²) in [7, 11) is 0. The van der Waals surface area contributed by atoms with Crippen LogP contribution in [0.2, 0.25) is 0 Å². The highest BCUT2D eigenvalue weighted by Gasteiger charge is 2.33. The van der Waals surface area contributed by atoms with Crippen LogP contribution in [0.5, 0.6) is 0 Å². The number of morpholine rings is 1. The van der Waals surface area contributed by atoms with E-state index in [-0.39, 0.29) is 0 Å². The molecule has 2 heterocycles. The average Bonchev–Trinajstić information content (AvgIpc) is 2.56. The van der Waals surface area contributed by atoms with Crippen molar-refractivity contribution in [3.05, 3.63) is 28.2 Å². The van der Waals surface area contributed by atoms with Gasteiger partial charge in [-0.3, -0.25) is 4.90 Å². The minimum atomic E-state index is 0.457. The van der Waals surface area contributed by atoms with E-state index in [9.17, 15) is 0 Å². The molecular formula is C13H17BrN2O. The minimum absolute atomic E-state index is 0.457. The first kappa shape index (κ1) is 11.5. The molecule has 17 heavy (non-hydrogen) atoms. The van der Waals surface area contributed by atoms with Crippen LogP contribution in [0.15, 0.2) is 22.7 Å². The van der Waals surface area contributed by atoms with Crippen LogP contribution in [0, 0.1) is 0 Å². The highest BCUT2D eigenvalue weighted by molar-refractivity contribution is 9.10. The van der Waals surface area contributed by atoms with Gasteiger partial charge >= 0.3 is 0 Å². The van der Waals surface area contributed by atoms with Crippen LogP contribution < -0.4 is 5.73 Å². The number of halogens is 1. The molecule has 0 aromatic heterocycles. The van der Waals surface area contributed by atoms with Crippen molar-refractivity contribution in [2.24, 2.45) is 0 Å². The summed E-state index contributed by atoms with van der Waals surface area (Å²) in [6.45, 7) is 3.09. The van der Waals surface area contributed by atoms with E-state index in [4.69, 9.17) is 10.5 Å². The van der Waals surface area contributed by atoms with E-state index in [2.05, 4.69) is 33.0 Å². The predicted molar refractivity (Wildman–Crippen MR) is 71.7 cm³/mol. The maximum absolute atomic E-state index is 5.86. The molecule has 1 aromatic rings. The highest BCUT2D eigenvalue weighted by atomic mass is 79.9. The second-order valence-electron chi connectivity index (χ2n) is 5.04. The molecule has 0 saturated carbocycles. The third-order valence-corrected chi connectivity index (χ3v) is 3.96. The first-order valence-corrected chi connectivity index (χ1v) is 6.91. The van der Waals surface area contributed by atoms with E-state index in [0.717, 1.165) is 29.8 Å². The summed E-state index contributed by atoms with van der Waals surface area (Å²) in [5.41, 5.74) is 7.96. The summed E-state index contributed by atoms with van der Waals surface area (Å²) < 4.78 is 6.90. The van der Waals surface area contributed by atoms with Gasteiger partial charge in [-0.05, 0) is 36.6 Å². The third kappa shape index (κ3) is 2.64. The van der Waals surface area contributed by atoms with Crippen LogP contribution in [0.3, 0.4) is 0 Å². The first-order chi connectivity index (χ1) is 8.19. The normalized spacial score (nSPS) is 28.5. The number of hydrogen-bond donors (Lipinski definition) is 1. The molecule has 2 atom stereocenters. The molecule has 4 heteroatoms. The molecule has 1 aromatic carbocycles. The number of nitrogens with two attached hydrogens (primary N) is 1. The number of fused-ring (bicyclic) bond motifs is 2. The minimum Gasteiger partial charge on any atom is -0.399 e. The van der Waals surface area contributed by atoms with Crippen LogP contribution in [-0.2, 0) is 11.3 Å². The molecule has 2 N–H and O–H groups in total. The number of nitrogen functional groups attached to an aromatic ring is 1. The van der Waals surface area contributed by atoms with Gasteiger partial charge < -0.3 is 10.5 Å². The molecule has 0 amide bonds. The van der Waals surface area contributed by atoms with Crippen molar-refractivity contribution in [3.63, 3.8) is 0 Å². The summed E-state index contributed by atoms with van der Waals surface area (Å²) in [6.07, 6.45) is 3.36. The summed E-state index contributed by atoms with van der Waals surface area (Å²) >= 11 is 3.49. The zero-order chi connectivity index (χ0) is 11.8. The molecule has 0 spiro atoms. The Morgan fingerprint density at radius 3 is 2.59 bits per heavy atom. The van der Waals surface area contributed by atoms with Crippen molar-refractivity contribution in [1.29, 1.82) is 0 Å². The molecule has 2 aliphatic heterocycles. The predicted octanol–water partition coefficient (Wildman–Crippen LogP) is 2.39. The van der Waals surface area contributed by atoms with Crippen LogP contribution in [0.25, 0.3) is 0 Å². The van der Waals surface area contributed by atoms with Gasteiger partial charge in [-0.2, -0.15) is 0 Å². The van der Waals surface area contributed by atoms with Crippen molar-refractivity contribution < 1.29 is 4.74 Å². The van der Waals surface area contributed by atoms with Crippen molar-refractivity contribution in [2.45, 2.75) is 31.6 Å². The fourth-order valence-corrected chi connectivity index (χ4v) is 3.41. The molecule has 2 unspecified atom stereocenters. The third-order valence-electron chi connectivity index (χ3n) is 3.51. The van der Waals surface area contributed by atoms with Gasteiger partial charge in [0, 0.05) is 29.8 Å². The number of rotatable bonds is 2. The summed E-state index contributed by atoms with van der Waals surface area (Å²) in [6, 6.07) is 6.14. The number of nitrogens with zero attached hydrogens (tertiary/aromatic N) is 1. The number of hydrogen-bond acceptors (Lipinski definition) is 3. The smallest absolute Gasteiger partial charge is 0.0707 e. The maximum atomic E-state index is 5.86. The second kappa shape index (κ2) is 4.59. The fraction of sp³-hybridized carbons (Fsp3) is 0.538. The van der Waals surface area contributed by atoms with Gasteiger partial charge in [-0.15, -0.1) is 0 Å². The molecular weight excluding hydrogens is 280 g/mol. The lowest BCUT2D eigenvalue weighted by molar-refractivity contribution is -0.0410. The monoisotopic (exact) mass is 296 g/mol. The zero-order valence-electron chi connectivity index (χ0n) is 9.73. The molecule has 2 fully saturated rings. The van der Waals surface area contributed by atoms with Crippen molar-refractivity contribution >= 4 is 21.6 Å². The van der Waals surface area contributed by atoms with Crippen LogP contribution in [0.1, 0.15) is 18.4 Å². The molecule has 2 bridgehead atoms. The molecule has 92 valence electrons. The van der Waals surface area contributed by atoms with Crippen molar-refractivity contribution in [2.75, 3.05) is 18.8 Å². The van der Waals surface area contributed by atoms with E-state index >= 15 is 0 Å². The van der Waals surface area contributed by atoms with Gasteiger partial charge in [0.2, 0.25) is 0 Å². The van der Waals surface area contributed by atoms with E-state index in [0.29, 0.717) is 12.2 Å². The average molecular weight is 297 g/mol. The summed E-state index contributed by atoms with van der Waals surface area (Å²) in [4.78, 5) is 2.48. The topological polar surface area (TPSA) is 38.5 Å². The molecule has 0 aliphatic carbocycles. The standard InChI is InChI=1S/C13H17BrN2O/c14-10-3-9(4-11(15)5-10)6-16-7-12-1-2-13(8-16)17-12/h3-5,12-13H,1-2,6-8,15H2. The Morgan fingerprint density at radius 1 is 1.24 bits per heavy atom. The molecule has 2 saturated heterocycles. The Hall–Kier alpha value is -0.580. The number of ether oxygens (including phenoxy) is 1. The van der Waals surface area contributed by atoms with Gasteiger partial charge in [-0.25, -0.2) is 0 Å². The summed E-state index contributed by atoms with van der Waals surface area (Å²) in [5, 5.41) is 0. The number of benzene rings is 1. The van der Waals surface area contributed by atoms with E-state index < -0.39 is 0 Å². The SMILES string of the molecule is Nc1cc(Br)cc(CN2CC3CCC(C2)O3)c1. The fourth-order valence-electron chi connectivity index (χ4n) is 2.85. The number of likely N-dealkylation sites (tertiary alicyclic amines) is 1. The lowest BCUT2D eigenvalue weighted by Gasteiger charge is -2.32. The number of anilines is 1. The van der Waals surface area contributed by atoms with E-state index in [1.807, 2.05) is 6.07 Å². The van der Waals surface area contributed by atoms with Gasteiger partial charge in [0.25, 0.3) is 0 Å². The van der Waals surface area contributed by atoms with Crippen LogP contribution >= 0.6 is 15.9 Å². The lowest BCUT2D eigenvalue weighted by Crippen LogP contribution is -2.41. The molecule has 3 rings (SSSR count). The summed E-state index contributed by atoms with van der Waals surface area (Å²) in [5.74, 6) is 0. The van der Waals surface area contributed by atoms with E-state index in [1.165, 1.54) is 18.4 Å². The highest BCUT2D eigenvalue weighted by Crippen LogP contribution is 2.27. The van der Waals surface area contributed by atoms with Gasteiger partial charge in [-0.1, -0.05) is 15.9 Å². The van der Waals surface area contributed by atoms with Crippen LogP contribution in [-0.4, -0.2) is 30.2 Å². The first-order valence-electron chi connectivity index (χ1n) is 6.12.